The molecule has 4 aromatic rings. The molecule has 0 amide bonds. The van der Waals surface area contributed by atoms with Crippen LogP contribution in [0.3, 0.4) is 0 Å². The van der Waals surface area contributed by atoms with Gasteiger partial charge in [-0.2, -0.15) is 28.5 Å². The van der Waals surface area contributed by atoms with Crippen molar-refractivity contribution in [3.05, 3.63) is 120 Å². The van der Waals surface area contributed by atoms with E-state index in [0.29, 0.717) is 30.6 Å². The number of rotatable bonds is 7. The fourth-order valence-corrected chi connectivity index (χ4v) is 9.95. The van der Waals surface area contributed by atoms with Crippen LogP contribution in [0.4, 0.5) is 24.5 Å². The molecule has 2 aliphatic rings. The second-order valence-corrected chi connectivity index (χ2v) is 18.1. The van der Waals surface area contributed by atoms with Crippen molar-refractivity contribution in [1.29, 1.82) is 5.26 Å². The van der Waals surface area contributed by atoms with E-state index in [1.807, 2.05) is 4.90 Å². The molecule has 0 radical (unpaired) electrons. The highest BCUT2D eigenvalue weighted by molar-refractivity contribution is 8.34. The van der Waals surface area contributed by atoms with Crippen LogP contribution in [0.15, 0.2) is 113 Å². The minimum absolute atomic E-state index is 0.246. The van der Waals surface area contributed by atoms with Gasteiger partial charge in [-0.15, -0.1) is 0 Å². The Morgan fingerprint density at radius 2 is 1.31 bits per heavy atom. The van der Waals surface area contributed by atoms with Gasteiger partial charge in [-0.3, -0.25) is 0 Å². The quantitative estimate of drug-likeness (QED) is 0.210. The van der Waals surface area contributed by atoms with E-state index in [4.69, 9.17) is 10.4 Å². The van der Waals surface area contributed by atoms with Gasteiger partial charge < -0.3 is 14.9 Å². The van der Waals surface area contributed by atoms with Gasteiger partial charge in [0.2, 0.25) is 0 Å². The lowest BCUT2D eigenvalue weighted by Crippen LogP contribution is -2.47. The number of nitriles is 1. The van der Waals surface area contributed by atoms with Crippen molar-refractivity contribution in [3.63, 3.8) is 0 Å². The Morgan fingerprint density at radius 3 is 1.78 bits per heavy atom. The van der Waals surface area contributed by atoms with Crippen molar-refractivity contribution in [2.24, 2.45) is 5.92 Å². The first kappa shape index (κ1) is 36.4. The molecule has 0 unspecified atom stereocenters. The lowest BCUT2D eigenvalue weighted by atomic mass is 9.88. The molecule has 0 aliphatic carbocycles. The standard InChI is InChI=1S/C24H26F3N3O.C17H22S/c25-24(26,27)23-13-22(6-3-20(23)14-28)29-10-7-19(8-11-29)18-1-4-21(5-2-18)30-15-17(16-30)9-12-31;1-17(2,3)18(4,15-11-7-5-8-12-15)16-13-9-6-10-14-16/h1-6,13,17,19,31H,7-12,15-16H2;5-14H,1-4H3. The van der Waals surface area contributed by atoms with E-state index in [2.05, 4.69) is 117 Å². The van der Waals surface area contributed by atoms with E-state index in [9.17, 15) is 13.2 Å². The average Bonchev–Trinajstić information content (AvgIpc) is 3.09. The van der Waals surface area contributed by atoms with Gasteiger partial charge in [-0.25, -0.2) is 0 Å². The first-order valence-electron chi connectivity index (χ1n) is 17.1. The number of benzene rings is 4. The first-order valence-corrected chi connectivity index (χ1v) is 19.1. The van der Waals surface area contributed by atoms with Crippen LogP contribution >= 0.6 is 10.0 Å². The van der Waals surface area contributed by atoms with Crippen LogP contribution < -0.4 is 9.80 Å². The SMILES string of the molecule is CC(C)(C)S(C)(c1ccccc1)c1ccccc1.N#Cc1ccc(N2CCC(c3ccc(N4CC(CCO)C4)cc3)CC2)cc1C(F)(F)F. The van der Waals surface area contributed by atoms with Crippen LogP contribution in [0.2, 0.25) is 0 Å². The van der Waals surface area contributed by atoms with Crippen LogP contribution in [0.25, 0.3) is 0 Å². The number of alkyl halides is 3. The number of aliphatic hydroxyl groups is 1. The number of anilines is 2. The van der Waals surface area contributed by atoms with Crippen molar-refractivity contribution < 1.29 is 18.3 Å². The van der Waals surface area contributed by atoms with E-state index in [-0.39, 0.29) is 16.9 Å². The lowest BCUT2D eigenvalue weighted by Gasteiger charge is -2.48. The summed E-state index contributed by atoms with van der Waals surface area (Å²) >= 11 is 0. The molecule has 49 heavy (non-hydrogen) atoms. The Kier molecular flexibility index (Phi) is 11.4. The van der Waals surface area contributed by atoms with Gasteiger partial charge in [0.1, 0.15) is 0 Å². The zero-order chi connectivity index (χ0) is 35.2. The predicted molar refractivity (Wildman–Crippen MR) is 197 cm³/mol. The Hall–Kier alpha value is -3.93. The Bertz CT molecular complexity index is 1650. The summed E-state index contributed by atoms with van der Waals surface area (Å²) in [6.45, 7) is 10.6. The molecule has 0 aromatic heterocycles. The largest absolute Gasteiger partial charge is 0.417 e. The van der Waals surface area contributed by atoms with Gasteiger partial charge in [0.15, 0.2) is 0 Å². The molecule has 6 rings (SSSR count). The van der Waals surface area contributed by atoms with E-state index in [1.54, 1.807) is 12.1 Å². The van der Waals surface area contributed by atoms with Crippen LogP contribution in [-0.2, 0) is 6.18 Å². The predicted octanol–water partition coefficient (Wildman–Crippen LogP) is 10.1. The third-order valence-corrected chi connectivity index (χ3v) is 15.0. The second-order valence-electron chi connectivity index (χ2n) is 14.1. The first-order chi connectivity index (χ1) is 23.3. The molecule has 8 heteroatoms. The molecule has 2 heterocycles. The summed E-state index contributed by atoms with van der Waals surface area (Å²) in [6.07, 6.45) is 0.510. The maximum Gasteiger partial charge on any atom is 0.417 e. The Balaban J connectivity index is 0.000000221. The zero-order valence-corrected chi connectivity index (χ0v) is 29.8. The van der Waals surface area contributed by atoms with Crippen molar-refractivity contribution in [2.45, 2.75) is 66.7 Å². The van der Waals surface area contributed by atoms with E-state index in [0.717, 1.165) is 38.4 Å². The van der Waals surface area contributed by atoms with Gasteiger partial charge in [0, 0.05) is 44.2 Å². The van der Waals surface area contributed by atoms with Crippen LogP contribution in [0.5, 0.6) is 0 Å². The number of hydrogen-bond donors (Lipinski definition) is 1. The summed E-state index contributed by atoms with van der Waals surface area (Å²) in [5.74, 6) is 0.971. The third kappa shape index (κ3) is 8.28. The molecular formula is C41H48F3N3OS. The fourth-order valence-electron chi connectivity index (χ4n) is 6.86. The molecule has 0 saturated carbocycles. The zero-order valence-electron chi connectivity index (χ0n) is 29.0. The summed E-state index contributed by atoms with van der Waals surface area (Å²) in [4.78, 5) is 7.21. The van der Waals surface area contributed by atoms with Gasteiger partial charge in [0.25, 0.3) is 0 Å². The number of aliphatic hydroxyl groups excluding tert-OH is 1. The number of halogens is 3. The van der Waals surface area contributed by atoms with Gasteiger partial charge in [-0.1, -0.05) is 69.3 Å². The topological polar surface area (TPSA) is 50.5 Å². The van der Waals surface area contributed by atoms with Gasteiger partial charge in [0.05, 0.1) is 17.2 Å². The van der Waals surface area contributed by atoms with Crippen molar-refractivity contribution in [1.82, 2.24) is 0 Å². The molecule has 1 N–H and O–H groups in total. The van der Waals surface area contributed by atoms with Crippen LogP contribution in [-0.4, -0.2) is 48.9 Å². The number of piperidine rings is 1. The van der Waals surface area contributed by atoms with Gasteiger partial charge in [-0.05, 0) is 112 Å². The normalized spacial score (nSPS) is 16.3. The summed E-state index contributed by atoms with van der Waals surface area (Å²) in [7, 11) is -1.01. The van der Waals surface area contributed by atoms with E-state index < -0.39 is 21.8 Å². The maximum absolute atomic E-state index is 13.3. The number of hydrogen-bond acceptors (Lipinski definition) is 4. The fraction of sp³-hybridized carbons (Fsp3) is 0.390. The highest BCUT2D eigenvalue weighted by atomic mass is 32.3. The van der Waals surface area contributed by atoms with Gasteiger partial charge >= 0.3 is 6.18 Å². The summed E-state index contributed by atoms with van der Waals surface area (Å²) in [5.41, 5.74) is 1.79. The molecule has 0 spiro atoms. The van der Waals surface area contributed by atoms with Crippen molar-refractivity contribution >= 4 is 21.4 Å². The minimum atomic E-state index is -4.53. The molecule has 4 aromatic carbocycles. The Morgan fingerprint density at radius 1 is 0.776 bits per heavy atom. The summed E-state index contributed by atoms with van der Waals surface area (Å²) in [6, 6.07) is 36.1. The molecule has 2 fully saturated rings. The summed E-state index contributed by atoms with van der Waals surface area (Å²) in [5, 5.41) is 18.0. The minimum Gasteiger partial charge on any atom is -0.396 e. The third-order valence-electron chi connectivity index (χ3n) is 10.2. The molecule has 0 atom stereocenters. The highest BCUT2D eigenvalue weighted by Gasteiger charge is 2.36. The lowest BCUT2D eigenvalue weighted by molar-refractivity contribution is -0.137. The maximum atomic E-state index is 13.3. The molecule has 4 nitrogen and oxygen atoms in total. The van der Waals surface area contributed by atoms with Crippen molar-refractivity contribution in [2.75, 3.05) is 48.8 Å². The average molecular weight is 688 g/mol. The molecule has 0 bridgehead atoms. The Labute approximate surface area is 291 Å². The van der Waals surface area contributed by atoms with Crippen molar-refractivity contribution in [3.8, 4) is 6.07 Å². The molecular weight excluding hydrogens is 640 g/mol. The molecule has 2 aliphatic heterocycles. The van der Waals surface area contributed by atoms with Crippen LogP contribution in [0.1, 0.15) is 62.6 Å². The molecule has 2 saturated heterocycles. The monoisotopic (exact) mass is 687 g/mol. The summed E-state index contributed by atoms with van der Waals surface area (Å²) < 4.78 is 40.0. The van der Waals surface area contributed by atoms with Crippen LogP contribution in [0, 0.1) is 17.2 Å². The smallest absolute Gasteiger partial charge is 0.396 e. The van der Waals surface area contributed by atoms with E-state index in [1.165, 1.54) is 27.1 Å². The van der Waals surface area contributed by atoms with E-state index >= 15 is 0 Å². The number of nitrogens with zero attached hydrogens (tertiary/aromatic N) is 3. The highest BCUT2D eigenvalue weighted by Crippen LogP contribution is 2.67. The second kappa shape index (κ2) is 15.3. The molecule has 260 valence electrons.